The number of nitrogens with one attached hydrogen (secondary N) is 2. The standard InChI is InChI=1S/C11H12N2O4.C6H7N3O.C4H5ClO3/c1-2-17-11(16)9(14)7-13-10(15)8-4-3-5-12-6-8;7-9-6(10)5-2-1-3-8-4-5;1-2-8-4(7)3(5)6/h3-6H,2,7H2,1H3,(H,13,15);1-4H,7H2,(H,9,10);2H2,1H3. The second-order valence-electron chi connectivity index (χ2n) is 5.78. The number of Topliss-reactive ketones (excluding diaryl/α,β-unsaturated/α-hetero) is 1. The van der Waals surface area contributed by atoms with Crippen LogP contribution in [0, 0.1) is 0 Å². The minimum Gasteiger partial charge on any atom is -0.460 e. The summed E-state index contributed by atoms with van der Waals surface area (Å²) < 4.78 is 8.67. The number of nitrogen functional groups attached to an aromatic ring is 1. The molecule has 13 nitrogen and oxygen atoms in total. The Morgan fingerprint density at radius 1 is 0.857 bits per heavy atom. The summed E-state index contributed by atoms with van der Waals surface area (Å²) in [4.78, 5) is 71.7. The van der Waals surface area contributed by atoms with Crippen molar-refractivity contribution < 1.29 is 38.2 Å². The van der Waals surface area contributed by atoms with Gasteiger partial charge in [-0.2, -0.15) is 0 Å². The largest absolute Gasteiger partial charge is 0.460 e. The van der Waals surface area contributed by atoms with Crippen LogP contribution in [-0.4, -0.2) is 64.5 Å². The van der Waals surface area contributed by atoms with Crippen LogP contribution >= 0.6 is 11.6 Å². The maximum atomic E-state index is 11.5. The van der Waals surface area contributed by atoms with Gasteiger partial charge < -0.3 is 14.8 Å². The highest BCUT2D eigenvalue weighted by molar-refractivity contribution is 6.80. The number of pyridine rings is 2. The Labute approximate surface area is 205 Å². The molecule has 2 heterocycles. The van der Waals surface area contributed by atoms with Crippen molar-refractivity contribution in [3.05, 3.63) is 60.2 Å². The van der Waals surface area contributed by atoms with Crippen LogP contribution in [-0.2, 0) is 28.7 Å². The first-order chi connectivity index (χ1) is 16.7. The number of nitrogens with zero attached hydrogens (tertiary/aromatic N) is 2. The van der Waals surface area contributed by atoms with E-state index >= 15 is 0 Å². The molecule has 0 aliphatic carbocycles. The number of esters is 2. The number of ether oxygens (including phenoxy) is 2. The van der Waals surface area contributed by atoms with Gasteiger partial charge >= 0.3 is 17.2 Å². The molecular weight excluding hydrogens is 486 g/mol. The van der Waals surface area contributed by atoms with E-state index in [4.69, 9.17) is 17.4 Å². The quantitative estimate of drug-likeness (QED) is 0.108. The van der Waals surface area contributed by atoms with E-state index in [1.54, 1.807) is 44.3 Å². The number of nitrogens with two attached hydrogens (primary N) is 1. The smallest absolute Gasteiger partial charge is 0.391 e. The van der Waals surface area contributed by atoms with Gasteiger partial charge in [-0.15, -0.1) is 0 Å². The van der Waals surface area contributed by atoms with E-state index in [-0.39, 0.29) is 25.7 Å². The zero-order chi connectivity index (χ0) is 26.6. The highest BCUT2D eigenvalue weighted by Gasteiger charge is 2.16. The summed E-state index contributed by atoms with van der Waals surface area (Å²) in [7, 11) is 0. The number of aromatic nitrogens is 2. The van der Waals surface area contributed by atoms with Gasteiger partial charge in [0, 0.05) is 24.8 Å². The molecule has 0 spiro atoms. The third-order valence-electron chi connectivity index (χ3n) is 3.33. The van der Waals surface area contributed by atoms with Gasteiger partial charge in [0.15, 0.2) is 0 Å². The molecule has 2 rings (SSSR count). The van der Waals surface area contributed by atoms with E-state index in [2.05, 4.69) is 24.8 Å². The Hall–Kier alpha value is -4.23. The summed E-state index contributed by atoms with van der Waals surface area (Å²) in [6.07, 6.45) is 5.93. The summed E-state index contributed by atoms with van der Waals surface area (Å²) in [6, 6.07) is 6.46. The number of carbonyl (C=O) groups excluding carboxylic acids is 6. The molecule has 0 saturated carbocycles. The number of amides is 2. The first-order valence-corrected chi connectivity index (χ1v) is 10.2. The molecule has 35 heavy (non-hydrogen) atoms. The van der Waals surface area contributed by atoms with Crippen LogP contribution < -0.4 is 16.6 Å². The number of hydrogen-bond acceptors (Lipinski definition) is 11. The van der Waals surface area contributed by atoms with Crippen molar-refractivity contribution in [2.75, 3.05) is 19.8 Å². The predicted octanol–water partition coefficient (Wildman–Crippen LogP) is -0.0564. The molecule has 0 radical (unpaired) electrons. The van der Waals surface area contributed by atoms with Gasteiger partial charge in [0.1, 0.15) is 0 Å². The minimum absolute atomic E-state index is 0.126. The lowest BCUT2D eigenvalue weighted by atomic mass is 10.2. The molecule has 0 aliphatic heterocycles. The molecule has 2 aromatic rings. The van der Waals surface area contributed by atoms with Crippen molar-refractivity contribution >= 4 is 46.4 Å². The van der Waals surface area contributed by atoms with Gasteiger partial charge in [0.2, 0.25) is 0 Å². The van der Waals surface area contributed by atoms with Crippen LogP contribution in [0.25, 0.3) is 0 Å². The van der Waals surface area contributed by atoms with Crippen molar-refractivity contribution in [2.45, 2.75) is 13.8 Å². The molecule has 0 bridgehead atoms. The van der Waals surface area contributed by atoms with Crippen LogP contribution in [0.15, 0.2) is 49.1 Å². The Morgan fingerprint density at radius 2 is 1.34 bits per heavy atom. The molecule has 0 aromatic carbocycles. The topological polar surface area (TPSA) is 197 Å². The van der Waals surface area contributed by atoms with Crippen molar-refractivity contribution in [1.29, 1.82) is 0 Å². The number of rotatable bonds is 8. The van der Waals surface area contributed by atoms with Gasteiger partial charge in [-0.05, 0) is 49.7 Å². The summed E-state index contributed by atoms with van der Waals surface area (Å²) in [6.45, 7) is 3.11. The van der Waals surface area contributed by atoms with Crippen molar-refractivity contribution in [3.63, 3.8) is 0 Å². The summed E-state index contributed by atoms with van der Waals surface area (Å²) in [5, 5.41) is 1.23. The van der Waals surface area contributed by atoms with Crippen LogP contribution in [0.3, 0.4) is 0 Å². The lowest BCUT2D eigenvalue weighted by Crippen LogP contribution is -2.34. The minimum atomic E-state index is -1.08. The van der Waals surface area contributed by atoms with E-state index in [1.807, 2.05) is 5.43 Å². The lowest BCUT2D eigenvalue weighted by molar-refractivity contribution is -0.153. The average Bonchev–Trinajstić information content (AvgIpc) is 2.88. The van der Waals surface area contributed by atoms with Gasteiger partial charge in [-0.1, -0.05) is 0 Å². The van der Waals surface area contributed by atoms with Crippen molar-refractivity contribution in [2.24, 2.45) is 5.84 Å². The Bertz CT molecular complexity index is 990. The average molecular weight is 510 g/mol. The fourth-order valence-electron chi connectivity index (χ4n) is 1.81. The molecule has 2 aromatic heterocycles. The highest BCUT2D eigenvalue weighted by Crippen LogP contribution is 1.95. The molecule has 14 heteroatoms. The molecule has 0 unspecified atom stereocenters. The van der Waals surface area contributed by atoms with E-state index in [0.717, 1.165) is 0 Å². The molecule has 2 amide bonds. The maximum absolute atomic E-state index is 11.5. The van der Waals surface area contributed by atoms with Crippen molar-refractivity contribution in [3.8, 4) is 0 Å². The van der Waals surface area contributed by atoms with E-state index in [1.165, 1.54) is 18.6 Å². The normalized spacial score (nSPS) is 9.03. The Kier molecular flexibility index (Phi) is 16.0. The molecule has 0 aliphatic rings. The first kappa shape index (κ1) is 30.8. The second-order valence-corrected chi connectivity index (χ2v) is 6.12. The molecular formula is C21H24ClN5O8. The van der Waals surface area contributed by atoms with Crippen LogP contribution in [0.2, 0.25) is 0 Å². The second kappa shape index (κ2) is 18.2. The maximum Gasteiger partial charge on any atom is 0.391 e. The van der Waals surface area contributed by atoms with Crippen LogP contribution in [0.5, 0.6) is 0 Å². The van der Waals surface area contributed by atoms with E-state index in [0.29, 0.717) is 11.1 Å². The molecule has 188 valence electrons. The zero-order valence-corrected chi connectivity index (χ0v) is 19.6. The lowest BCUT2D eigenvalue weighted by Gasteiger charge is -2.03. The number of carbonyl (C=O) groups is 6. The van der Waals surface area contributed by atoms with Crippen LogP contribution in [0.4, 0.5) is 0 Å². The molecule has 4 N–H and O–H groups in total. The first-order valence-electron chi connectivity index (χ1n) is 9.83. The summed E-state index contributed by atoms with van der Waals surface area (Å²) >= 11 is 4.69. The highest BCUT2D eigenvalue weighted by atomic mass is 35.5. The fourth-order valence-corrected chi connectivity index (χ4v) is 1.87. The number of hydrogen-bond donors (Lipinski definition) is 3. The van der Waals surface area contributed by atoms with E-state index < -0.39 is 28.9 Å². The summed E-state index contributed by atoms with van der Waals surface area (Å²) in [5.41, 5.74) is 2.79. The molecule has 0 saturated heterocycles. The SMILES string of the molecule is CCOC(=O)C(=O)CNC(=O)c1cccnc1.CCOC(=O)C(=O)Cl.NNC(=O)c1cccnc1. The van der Waals surface area contributed by atoms with Gasteiger partial charge in [0.25, 0.3) is 17.6 Å². The van der Waals surface area contributed by atoms with Crippen LogP contribution in [0.1, 0.15) is 34.6 Å². The number of ketones is 1. The number of hydrazine groups is 1. The Balaban J connectivity index is 0.000000545. The monoisotopic (exact) mass is 509 g/mol. The van der Waals surface area contributed by atoms with Crippen molar-refractivity contribution in [1.82, 2.24) is 20.7 Å². The Morgan fingerprint density at radius 3 is 1.71 bits per heavy atom. The predicted molar refractivity (Wildman–Crippen MR) is 122 cm³/mol. The van der Waals surface area contributed by atoms with Gasteiger partial charge in [0.05, 0.1) is 30.9 Å². The number of halogens is 1. The van der Waals surface area contributed by atoms with Gasteiger partial charge in [-0.25, -0.2) is 15.4 Å². The van der Waals surface area contributed by atoms with Gasteiger partial charge in [-0.3, -0.25) is 34.6 Å². The third kappa shape index (κ3) is 13.8. The fraction of sp³-hybridized carbons (Fsp3) is 0.238. The van der Waals surface area contributed by atoms with E-state index in [9.17, 15) is 28.8 Å². The molecule has 0 fully saturated rings. The third-order valence-corrected chi connectivity index (χ3v) is 3.48. The summed E-state index contributed by atoms with van der Waals surface area (Å²) in [5.74, 6) is 1.36. The zero-order valence-electron chi connectivity index (χ0n) is 18.9. The molecule has 0 atom stereocenters.